The molecule has 1 fully saturated rings. The predicted molar refractivity (Wildman–Crippen MR) is 121 cm³/mol. The summed E-state index contributed by atoms with van der Waals surface area (Å²) in [5, 5.41) is 7.56. The highest BCUT2D eigenvalue weighted by Crippen LogP contribution is 2.32. The van der Waals surface area contributed by atoms with Crippen LogP contribution in [0.15, 0.2) is 36.5 Å². The molecule has 1 aliphatic rings. The first-order valence-electron chi connectivity index (χ1n) is 11.1. The van der Waals surface area contributed by atoms with Gasteiger partial charge in [0.25, 0.3) is 5.91 Å². The molecule has 1 saturated carbocycles. The number of ether oxygens (including phenoxy) is 3. The predicted octanol–water partition coefficient (Wildman–Crippen LogP) is 3.27. The molecule has 1 aliphatic carbocycles. The van der Waals surface area contributed by atoms with Gasteiger partial charge in [-0.05, 0) is 56.9 Å². The lowest BCUT2D eigenvalue weighted by atomic mass is 9.86. The first kappa shape index (κ1) is 22.6. The van der Waals surface area contributed by atoms with Crippen LogP contribution in [0.1, 0.15) is 43.1 Å². The number of amides is 1. The molecule has 33 heavy (non-hydrogen) atoms. The zero-order chi connectivity index (χ0) is 23.4. The van der Waals surface area contributed by atoms with Gasteiger partial charge in [0.2, 0.25) is 0 Å². The number of carbonyl (C=O) groups is 2. The smallest absolute Gasteiger partial charge is 0.308 e. The van der Waals surface area contributed by atoms with Gasteiger partial charge in [0, 0.05) is 23.9 Å². The number of methoxy groups -OCH3 is 2. The van der Waals surface area contributed by atoms with Crippen LogP contribution in [-0.2, 0) is 9.53 Å². The summed E-state index contributed by atoms with van der Waals surface area (Å²) < 4.78 is 17.5. The van der Waals surface area contributed by atoms with Gasteiger partial charge in [-0.2, -0.15) is 5.10 Å². The molecule has 1 aromatic carbocycles. The Morgan fingerprint density at radius 1 is 1.06 bits per heavy atom. The van der Waals surface area contributed by atoms with Gasteiger partial charge >= 0.3 is 5.97 Å². The Kier molecular flexibility index (Phi) is 6.76. The van der Waals surface area contributed by atoms with Gasteiger partial charge in [0.05, 0.1) is 32.4 Å². The van der Waals surface area contributed by atoms with Crippen LogP contribution in [0.5, 0.6) is 11.5 Å². The third-order valence-electron chi connectivity index (χ3n) is 5.95. The van der Waals surface area contributed by atoms with Gasteiger partial charge in [-0.1, -0.05) is 0 Å². The van der Waals surface area contributed by atoms with Crippen LogP contribution in [0.3, 0.4) is 0 Å². The summed E-state index contributed by atoms with van der Waals surface area (Å²) in [4.78, 5) is 29.2. The van der Waals surface area contributed by atoms with Crippen LogP contribution in [-0.4, -0.2) is 53.3 Å². The molecule has 0 atom stereocenters. The summed E-state index contributed by atoms with van der Waals surface area (Å²) in [6.07, 6.45) is 4.57. The average Bonchev–Trinajstić information content (AvgIpc) is 3.29. The number of esters is 1. The van der Waals surface area contributed by atoms with E-state index in [0.29, 0.717) is 42.3 Å². The number of benzene rings is 1. The maximum atomic E-state index is 12.9. The lowest BCUT2D eigenvalue weighted by molar-refractivity contribution is -0.149. The van der Waals surface area contributed by atoms with Gasteiger partial charge in [0.15, 0.2) is 22.8 Å². The number of carbonyl (C=O) groups excluding carboxylic acids is 2. The minimum Gasteiger partial charge on any atom is -0.493 e. The zero-order valence-corrected chi connectivity index (χ0v) is 19.0. The van der Waals surface area contributed by atoms with Crippen molar-refractivity contribution in [2.45, 2.75) is 38.6 Å². The minimum atomic E-state index is -0.252. The molecular weight excluding hydrogens is 424 g/mol. The molecule has 0 saturated heterocycles. The van der Waals surface area contributed by atoms with Crippen molar-refractivity contribution in [2.75, 3.05) is 20.8 Å². The number of hydrogen-bond acceptors (Lipinski definition) is 7. The van der Waals surface area contributed by atoms with Crippen LogP contribution < -0.4 is 14.8 Å². The first-order chi connectivity index (χ1) is 16.0. The van der Waals surface area contributed by atoms with Crippen LogP contribution >= 0.6 is 0 Å². The highest BCUT2D eigenvalue weighted by Gasteiger charge is 2.28. The van der Waals surface area contributed by atoms with Gasteiger partial charge in [-0.3, -0.25) is 9.59 Å². The van der Waals surface area contributed by atoms with Gasteiger partial charge < -0.3 is 19.5 Å². The normalized spacial score (nSPS) is 18.0. The van der Waals surface area contributed by atoms with Crippen molar-refractivity contribution < 1.29 is 23.8 Å². The highest BCUT2D eigenvalue weighted by atomic mass is 16.5. The quantitative estimate of drug-likeness (QED) is 0.549. The van der Waals surface area contributed by atoms with Crippen molar-refractivity contribution in [2.24, 2.45) is 5.92 Å². The zero-order valence-electron chi connectivity index (χ0n) is 19.0. The van der Waals surface area contributed by atoms with Crippen molar-refractivity contribution in [3.05, 3.63) is 42.2 Å². The maximum absolute atomic E-state index is 12.9. The van der Waals surface area contributed by atoms with E-state index in [2.05, 4.69) is 15.4 Å². The van der Waals surface area contributed by atoms with E-state index < -0.39 is 0 Å². The Bertz CT molecular complexity index is 1150. The second-order valence-corrected chi connectivity index (χ2v) is 7.97. The Morgan fingerprint density at radius 2 is 1.82 bits per heavy atom. The van der Waals surface area contributed by atoms with E-state index >= 15 is 0 Å². The molecule has 9 nitrogen and oxygen atoms in total. The molecular formula is C24H28N4O5. The number of hydrogen-bond donors (Lipinski definition) is 1. The van der Waals surface area contributed by atoms with E-state index in [1.807, 2.05) is 31.2 Å². The molecule has 4 rings (SSSR count). The highest BCUT2D eigenvalue weighted by molar-refractivity contribution is 5.93. The number of nitrogens with one attached hydrogen (secondary N) is 1. The van der Waals surface area contributed by atoms with Crippen LogP contribution in [0, 0.1) is 5.92 Å². The maximum Gasteiger partial charge on any atom is 0.308 e. The van der Waals surface area contributed by atoms with Crippen molar-refractivity contribution in [3.63, 3.8) is 0 Å². The van der Waals surface area contributed by atoms with Crippen LogP contribution in [0.25, 0.3) is 16.9 Å². The lowest BCUT2D eigenvalue weighted by Gasteiger charge is -2.27. The summed E-state index contributed by atoms with van der Waals surface area (Å²) in [5.74, 6) is 0.754. The summed E-state index contributed by atoms with van der Waals surface area (Å²) >= 11 is 0. The van der Waals surface area contributed by atoms with E-state index in [-0.39, 0.29) is 23.8 Å². The molecule has 0 spiro atoms. The average molecular weight is 453 g/mol. The number of aromatic nitrogens is 3. The standard InChI is InChI=1S/C24H28N4O5/c1-4-33-24(30)15-5-8-17(9-6-15)26-23(29)18-14-22-25-12-11-19(28(22)27-18)16-7-10-20(31-2)21(13-16)32-3/h7,10-15,17H,4-6,8-9H2,1-3H3,(H,26,29). The van der Waals surface area contributed by atoms with Crippen molar-refractivity contribution in [3.8, 4) is 22.8 Å². The largest absolute Gasteiger partial charge is 0.493 e. The molecule has 1 N–H and O–H groups in total. The lowest BCUT2D eigenvalue weighted by Crippen LogP contribution is -2.39. The van der Waals surface area contributed by atoms with Crippen LogP contribution in [0.4, 0.5) is 0 Å². The first-order valence-corrected chi connectivity index (χ1v) is 11.1. The molecule has 1 amide bonds. The molecule has 2 heterocycles. The second-order valence-electron chi connectivity index (χ2n) is 7.97. The van der Waals surface area contributed by atoms with E-state index in [1.54, 1.807) is 31.0 Å². The van der Waals surface area contributed by atoms with Crippen molar-refractivity contribution in [1.29, 1.82) is 0 Å². The summed E-state index contributed by atoms with van der Waals surface area (Å²) in [5.41, 5.74) is 2.49. The number of fused-ring (bicyclic) bond motifs is 1. The molecule has 174 valence electrons. The summed E-state index contributed by atoms with van der Waals surface area (Å²) in [6.45, 7) is 2.20. The fourth-order valence-corrected chi connectivity index (χ4v) is 4.21. The molecule has 0 aliphatic heterocycles. The number of rotatable bonds is 7. The fraction of sp³-hybridized carbons (Fsp3) is 0.417. The Morgan fingerprint density at radius 3 is 2.52 bits per heavy atom. The molecule has 2 aromatic heterocycles. The minimum absolute atomic E-state index is 0.00580. The van der Waals surface area contributed by atoms with Gasteiger partial charge in [-0.15, -0.1) is 0 Å². The van der Waals surface area contributed by atoms with Gasteiger partial charge in [-0.25, -0.2) is 9.50 Å². The molecule has 0 radical (unpaired) electrons. The SMILES string of the molecule is CCOC(=O)C1CCC(NC(=O)c2cc3nccc(-c4ccc(OC)c(OC)c4)n3n2)CC1. The molecule has 3 aromatic rings. The Balaban J connectivity index is 1.50. The third-order valence-corrected chi connectivity index (χ3v) is 5.95. The molecule has 0 bridgehead atoms. The summed E-state index contributed by atoms with van der Waals surface area (Å²) in [7, 11) is 3.17. The van der Waals surface area contributed by atoms with Crippen molar-refractivity contribution >= 4 is 17.5 Å². The fourth-order valence-electron chi connectivity index (χ4n) is 4.21. The molecule has 9 heteroatoms. The molecule has 0 unspecified atom stereocenters. The third kappa shape index (κ3) is 4.76. The van der Waals surface area contributed by atoms with Gasteiger partial charge in [0.1, 0.15) is 0 Å². The van der Waals surface area contributed by atoms with Crippen LogP contribution in [0.2, 0.25) is 0 Å². The monoisotopic (exact) mass is 452 g/mol. The Labute approximate surface area is 192 Å². The Hall–Kier alpha value is -3.62. The van der Waals surface area contributed by atoms with E-state index in [9.17, 15) is 9.59 Å². The van der Waals surface area contributed by atoms with E-state index in [0.717, 1.165) is 24.1 Å². The van der Waals surface area contributed by atoms with Crippen molar-refractivity contribution in [1.82, 2.24) is 19.9 Å². The number of nitrogens with zero attached hydrogens (tertiary/aromatic N) is 3. The van der Waals surface area contributed by atoms with E-state index in [1.165, 1.54) is 0 Å². The topological polar surface area (TPSA) is 104 Å². The van der Waals surface area contributed by atoms with E-state index in [4.69, 9.17) is 14.2 Å². The second kappa shape index (κ2) is 9.89. The summed E-state index contributed by atoms with van der Waals surface area (Å²) in [6, 6.07) is 9.09.